The monoisotopic (exact) mass is 520 g/mol. The van der Waals surface area contributed by atoms with Crippen LogP contribution in [-0.2, 0) is 4.74 Å². The van der Waals surface area contributed by atoms with Gasteiger partial charge in [-0.05, 0) is 76.1 Å². The third-order valence-electron chi connectivity index (χ3n) is 6.56. The second-order valence-corrected chi connectivity index (χ2v) is 10.7. The van der Waals surface area contributed by atoms with E-state index in [9.17, 15) is 13.6 Å². The Balaban J connectivity index is 1.47. The van der Waals surface area contributed by atoms with E-state index in [1.54, 1.807) is 6.07 Å². The zero-order chi connectivity index (χ0) is 26.1. The summed E-state index contributed by atoms with van der Waals surface area (Å²) >= 11 is 6.22. The first-order chi connectivity index (χ1) is 17.0. The number of nitrogens with zero attached hydrogens (tertiary/aromatic N) is 3. The molecular formula is C25H31ClF2N6O2. The number of benzene rings is 1. The lowest BCUT2D eigenvalue weighted by Gasteiger charge is -2.38. The number of carbonyl (C=O) groups is 1. The molecule has 0 radical (unpaired) electrons. The van der Waals surface area contributed by atoms with Crippen LogP contribution in [-0.4, -0.2) is 46.5 Å². The van der Waals surface area contributed by atoms with Crippen molar-refractivity contribution in [1.29, 1.82) is 5.41 Å². The van der Waals surface area contributed by atoms with Crippen molar-refractivity contribution in [2.24, 2.45) is 5.92 Å². The van der Waals surface area contributed by atoms with Gasteiger partial charge < -0.3 is 25.7 Å². The third-order valence-corrected chi connectivity index (χ3v) is 6.73. The summed E-state index contributed by atoms with van der Waals surface area (Å²) in [6, 6.07) is 5.86. The first-order valence-corrected chi connectivity index (χ1v) is 12.4. The lowest BCUT2D eigenvalue weighted by atomic mass is 9.87. The molecule has 4 rings (SSSR count). The van der Waals surface area contributed by atoms with Crippen molar-refractivity contribution in [3.63, 3.8) is 0 Å². The molecule has 11 heteroatoms. The van der Waals surface area contributed by atoms with Gasteiger partial charge in [-0.2, -0.15) is 9.97 Å². The molecule has 2 fully saturated rings. The maximum absolute atomic E-state index is 13.1. The molecule has 0 bridgehead atoms. The molecule has 0 spiro atoms. The number of alkyl halides is 2. The van der Waals surface area contributed by atoms with E-state index in [0.717, 1.165) is 31.9 Å². The van der Waals surface area contributed by atoms with Gasteiger partial charge in [0.2, 0.25) is 5.28 Å². The molecule has 0 unspecified atom stereocenters. The van der Waals surface area contributed by atoms with Gasteiger partial charge in [0.25, 0.3) is 6.43 Å². The highest BCUT2D eigenvalue weighted by Gasteiger charge is 2.51. The number of hydrogen-bond acceptors (Lipinski definition) is 7. The summed E-state index contributed by atoms with van der Waals surface area (Å²) in [6.07, 6.45) is 1.66. The Morgan fingerprint density at radius 3 is 2.56 bits per heavy atom. The number of piperidine rings is 1. The normalized spacial score (nSPS) is 17.6. The minimum atomic E-state index is -2.60. The summed E-state index contributed by atoms with van der Waals surface area (Å²) in [5, 5.41) is 14.1. The lowest BCUT2D eigenvalue weighted by molar-refractivity contribution is 0.0467. The van der Waals surface area contributed by atoms with Crippen LogP contribution in [0.3, 0.4) is 0 Å². The van der Waals surface area contributed by atoms with Gasteiger partial charge in [-0.15, -0.1) is 0 Å². The smallest absolute Gasteiger partial charge is 0.408 e. The fourth-order valence-corrected chi connectivity index (χ4v) is 4.87. The van der Waals surface area contributed by atoms with Gasteiger partial charge in [-0.3, -0.25) is 0 Å². The number of alkyl carbamates (subject to hydrolysis) is 1. The molecule has 2 aromatic rings. The second kappa shape index (κ2) is 10.2. The Bertz CT molecular complexity index is 1130. The van der Waals surface area contributed by atoms with E-state index in [-0.39, 0.29) is 28.3 Å². The lowest BCUT2D eigenvalue weighted by Crippen LogP contribution is -2.48. The quantitative estimate of drug-likeness (QED) is 0.302. The molecular weight excluding hydrogens is 490 g/mol. The van der Waals surface area contributed by atoms with Crippen molar-refractivity contribution in [3.05, 3.63) is 40.7 Å². The number of aromatic nitrogens is 2. The van der Waals surface area contributed by atoms with Crippen molar-refractivity contribution in [3.8, 4) is 0 Å². The predicted molar refractivity (Wildman–Crippen MR) is 136 cm³/mol. The summed E-state index contributed by atoms with van der Waals surface area (Å²) in [5.41, 5.74) is -0.0591. The highest BCUT2D eigenvalue weighted by Crippen LogP contribution is 2.47. The van der Waals surface area contributed by atoms with Crippen LogP contribution in [0.4, 0.5) is 30.9 Å². The molecule has 8 nitrogen and oxygen atoms in total. The van der Waals surface area contributed by atoms with Crippen LogP contribution < -0.4 is 15.5 Å². The van der Waals surface area contributed by atoms with Crippen LogP contribution in [0.2, 0.25) is 5.28 Å². The molecule has 2 aliphatic rings. The summed E-state index contributed by atoms with van der Waals surface area (Å²) < 4.78 is 31.7. The minimum absolute atomic E-state index is 0.00417. The van der Waals surface area contributed by atoms with E-state index in [1.165, 1.54) is 18.2 Å². The average molecular weight is 521 g/mol. The first-order valence-electron chi connectivity index (χ1n) is 12.0. The van der Waals surface area contributed by atoms with Gasteiger partial charge >= 0.3 is 6.09 Å². The van der Waals surface area contributed by atoms with E-state index >= 15 is 0 Å². The maximum Gasteiger partial charge on any atom is 0.408 e. The van der Waals surface area contributed by atoms with Crippen molar-refractivity contribution in [2.75, 3.05) is 23.3 Å². The zero-order valence-corrected chi connectivity index (χ0v) is 21.3. The molecule has 3 N–H and O–H groups in total. The van der Waals surface area contributed by atoms with Crippen molar-refractivity contribution in [1.82, 2.24) is 15.3 Å². The van der Waals surface area contributed by atoms with Crippen LogP contribution in [0.1, 0.15) is 64.0 Å². The number of hydrogen-bond donors (Lipinski definition) is 3. The number of halogens is 3. The largest absolute Gasteiger partial charge is 0.444 e. The molecule has 0 atom stereocenters. The van der Waals surface area contributed by atoms with E-state index in [2.05, 4.69) is 25.5 Å². The Morgan fingerprint density at radius 1 is 1.28 bits per heavy atom. The standard InChI is InChI=1S/C25H31ClF2N6O2/c1-24(2,3)36-23(35)33-25(9-10-25)16-7-11-34(12-8-16)21-18(14-29)20(31-22(26)32-21)30-17-6-4-5-15(13-17)19(27)28/h4-6,13-14,16,19,29H,7-12H2,1-3H3,(H,33,35)(H,30,31,32). The van der Waals surface area contributed by atoms with Crippen LogP contribution in [0.5, 0.6) is 0 Å². The van der Waals surface area contributed by atoms with Gasteiger partial charge in [-0.1, -0.05) is 12.1 Å². The molecule has 1 aliphatic heterocycles. The maximum atomic E-state index is 13.1. The number of carbonyl (C=O) groups excluding carboxylic acids is 1. The molecule has 36 heavy (non-hydrogen) atoms. The van der Waals surface area contributed by atoms with Crippen LogP contribution in [0, 0.1) is 11.3 Å². The summed E-state index contributed by atoms with van der Waals surface area (Å²) in [7, 11) is 0. The Kier molecular flexibility index (Phi) is 7.36. The number of rotatable bonds is 7. The molecule has 1 aromatic heterocycles. The average Bonchev–Trinajstić information content (AvgIpc) is 3.58. The highest BCUT2D eigenvalue weighted by molar-refractivity contribution is 6.28. The fourth-order valence-electron chi connectivity index (χ4n) is 4.71. The van der Waals surface area contributed by atoms with Gasteiger partial charge in [0.05, 0.1) is 5.56 Å². The molecule has 1 amide bonds. The zero-order valence-electron chi connectivity index (χ0n) is 20.6. The number of amides is 1. The topological polar surface area (TPSA) is 103 Å². The van der Waals surface area contributed by atoms with Crippen LogP contribution in [0.25, 0.3) is 0 Å². The molecule has 2 heterocycles. The molecule has 1 saturated heterocycles. The highest BCUT2D eigenvalue weighted by atomic mass is 35.5. The first kappa shape index (κ1) is 26.1. The summed E-state index contributed by atoms with van der Waals surface area (Å²) in [6.45, 7) is 6.86. The number of nitrogens with one attached hydrogen (secondary N) is 3. The van der Waals surface area contributed by atoms with Gasteiger partial charge in [0.1, 0.15) is 17.2 Å². The van der Waals surface area contributed by atoms with Gasteiger partial charge in [0, 0.05) is 36.1 Å². The molecule has 1 saturated carbocycles. The fraction of sp³-hybridized carbons (Fsp3) is 0.520. The number of anilines is 3. The molecule has 1 aromatic carbocycles. The van der Waals surface area contributed by atoms with E-state index in [1.807, 2.05) is 20.8 Å². The Hall–Kier alpha value is -3.01. The summed E-state index contributed by atoms with van der Waals surface area (Å²) in [4.78, 5) is 23.0. The molecule has 1 aliphatic carbocycles. The van der Waals surface area contributed by atoms with Crippen molar-refractivity contribution in [2.45, 2.75) is 64.0 Å². The predicted octanol–water partition coefficient (Wildman–Crippen LogP) is 6.08. The van der Waals surface area contributed by atoms with Gasteiger partial charge in [0.15, 0.2) is 0 Å². The second-order valence-electron chi connectivity index (χ2n) is 10.3. The van der Waals surface area contributed by atoms with Crippen LogP contribution in [0.15, 0.2) is 24.3 Å². The third kappa shape index (κ3) is 6.03. The Labute approximate surface area is 214 Å². The van der Waals surface area contributed by atoms with Crippen molar-refractivity contribution >= 4 is 41.2 Å². The van der Waals surface area contributed by atoms with E-state index < -0.39 is 12.0 Å². The van der Waals surface area contributed by atoms with Crippen LogP contribution >= 0.6 is 11.6 Å². The summed E-state index contributed by atoms with van der Waals surface area (Å²) in [5.74, 6) is 1.09. The van der Waals surface area contributed by atoms with E-state index in [0.29, 0.717) is 36.1 Å². The minimum Gasteiger partial charge on any atom is -0.444 e. The number of ether oxygens (including phenoxy) is 1. The van der Waals surface area contributed by atoms with E-state index in [4.69, 9.17) is 21.7 Å². The molecule has 194 valence electrons. The Morgan fingerprint density at radius 2 is 1.97 bits per heavy atom. The van der Waals surface area contributed by atoms with Gasteiger partial charge in [-0.25, -0.2) is 13.6 Å². The SMILES string of the molecule is CC(C)(C)OC(=O)NC1(C2CCN(c3nc(Cl)nc(Nc4cccc(C(F)F)c4)c3C=N)CC2)CC1. The van der Waals surface area contributed by atoms with Crippen molar-refractivity contribution < 1.29 is 18.3 Å².